The molecule has 0 bridgehead atoms. The van der Waals surface area contributed by atoms with Crippen LogP contribution in [-0.4, -0.2) is 131 Å². The Balaban J connectivity index is 0.000000156. The number of nitrogens with zero attached hydrogens (tertiary/aromatic N) is 12. The molecule has 12 rings (SSSR count). The lowest BCUT2D eigenvalue weighted by Crippen LogP contribution is -2.41. The molecule has 21 nitrogen and oxygen atoms in total. The van der Waals surface area contributed by atoms with Gasteiger partial charge >= 0.3 is 0 Å². The van der Waals surface area contributed by atoms with Crippen molar-refractivity contribution >= 4 is 44.0 Å². The second-order valence-electron chi connectivity index (χ2n) is 20.8. The van der Waals surface area contributed by atoms with Gasteiger partial charge in [-0.25, -0.2) is 44.9 Å². The Hall–Kier alpha value is -11.2. The van der Waals surface area contributed by atoms with E-state index < -0.39 is 16.6 Å². The standard InChI is InChI=1S/3C22H21N5O2.B/c3*1-14-9-18(7-8-19(14)29-3)22(20(28)27(2)21(23)26-22)17-6-4-5-15(10-17)16-11-24-13-25-12-16;/h3*4-13H,1-3H3,(H2,23,26);/t2*22-;;/m10../s1. The molecule has 1 unspecified atom stereocenters. The number of aryl methyl sites for hydroxylation is 3. The molecule has 3 aliphatic heterocycles. The number of ether oxygens (including phenoxy) is 3. The number of hydrogen-bond acceptors (Lipinski definition) is 18. The number of aromatic nitrogens is 6. The molecular formula is C66H63BN15O6. The molecule has 0 saturated carbocycles. The predicted octanol–water partition coefficient (Wildman–Crippen LogP) is 7.09. The third kappa shape index (κ3) is 11.0. The summed E-state index contributed by atoms with van der Waals surface area (Å²) in [7, 11) is 9.76. The molecule has 88 heavy (non-hydrogen) atoms. The van der Waals surface area contributed by atoms with Gasteiger partial charge in [0.2, 0.25) is 0 Å². The summed E-state index contributed by atoms with van der Waals surface area (Å²) in [5.41, 5.74) is 26.8. The van der Waals surface area contributed by atoms with Crippen LogP contribution in [0, 0.1) is 20.8 Å². The van der Waals surface area contributed by atoms with E-state index in [1.807, 2.05) is 148 Å². The number of methoxy groups -OCH3 is 3. The molecule has 0 aliphatic carbocycles. The summed E-state index contributed by atoms with van der Waals surface area (Å²) in [6.07, 6.45) is 14.8. The molecule has 0 spiro atoms. The first kappa shape index (κ1) is 61.4. The first-order valence-corrected chi connectivity index (χ1v) is 27.3. The second kappa shape index (κ2) is 25.2. The normalized spacial score (nSPS) is 18.4. The van der Waals surface area contributed by atoms with E-state index in [0.717, 1.165) is 101 Å². The third-order valence-corrected chi connectivity index (χ3v) is 15.7. The number of carbonyl (C=O) groups is 3. The molecule has 3 aromatic heterocycles. The van der Waals surface area contributed by atoms with Crippen LogP contribution in [0.3, 0.4) is 0 Å². The molecule has 6 aromatic carbocycles. The van der Waals surface area contributed by atoms with Crippen molar-refractivity contribution < 1.29 is 28.6 Å². The van der Waals surface area contributed by atoms with E-state index in [4.69, 9.17) is 31.4 Å². The van der Waals surface area contributed by atoms with E-state index >= 15 is 0 Å². The average molecular weight is 1170 g/mol. The fraction of sp³-hybridized carbons (Fsp3) is 0.182. The Morgan fingerprint density at radius 1 is 0.352 bits per heavy atom. The Morgan fingerprint density at radius 3 is 0.795 bits per heavy atom. The minimum absolute atomic E-state index is 0. The molecular weight excluding hydrogens is 1110 g/mol. The third-order valence-electron chi connectivity index (χ3n) is 15.7. The maximum atomic E-state index is 13.4. The molecule has 0 fully saturated rings. The van der Waals surface area contributed by atoms with Gasteiger partial charge in [-0.2, -0.15) is 0 Å². The van der Waals surface area contributed by atoms with Gasteiger partial charge in [0, 0.05) is 83.4 Å². The number of hydrogen-bond donors (Lipinski definition) is 3. The van der Waals surface area contributed by atoms with Gasteiger partial charge in [-0.1, -0.05) is 72.8 Å². The minimum Gasteiger partial charge on any atom is -0.496 e. The van der Waals surface area contributed by atoms with Crippen LogP contribution in [0.5, 0.6) is 17.2 Å². The minimum atomic E-state index is -1.26. The van der Waals surface area contributed by atoms with Gasteiger partial charge in [0.25, 0.3) is 17.7 Å². The number of nitrogens with two attached hydrogens (primary N) is 3. The van der Waals surface area contributed by atoms with E-state index in [1.165, 1.54) is 33.7 Å². The van der Waals surface area contributed by atoms with Gasteiger partial charge < -0.3 is 31.4 Å². The van der Waals surface area contributed by atoms with Gasteiger partial charge in [-0.05, 0) is 142 Å². The first-order valence-electron chi connectivity index (χ1n) is 27.3. The zero-order valence-electron chi connectivity index (χ0n) is 49.9. The van der Waals surface area contributed by atoms with Crippen molar-refractivity contribution in [2.45, 2.75) is 37.4 Å². The highest BCUT2D eigenvalue weighted by Gasteiger charge is 2.52. The largest absolute Gasteiger partial charge is 0.496 e. The maximum Gasteiger partial charge on any atom is 0.266 e. The van der Waals surface area contributed by atoms with E-state index in [1.54, 1.807) is 79.7 Å². The van der Waals surface area contributed by atoms with E-state index in [0.29, 0.717) is 0 Å². The first-order chi connectivity index (χ1) is 41.9. The highest BCUT2D eigenvalue weighted by molar-refractivity contribution is 6.11. The van der Waals surface area contributed by atoms with Crippen LogP contribution >= 0.6 is 0 Å². The Labute approximate surface area is 511 Å². The summed E-state index contributed by atoms with van der Waals surface area (Å²) < 4.78 is 16.1. The molecule has 3 amide bonds. The summed E-state index contributed by atoms with van der Waals surface area (Å²) in [6, 6.07) is 39.9. The molecule has 6 heterocycles. The SMILES string of the molecule is COc1ccc(C2(c3cccc(-c4cncnc4)c3)N=C(N)N(C)C2=O)cc1C.COc1ccc([C@@]2(c3cccc(-c4cncnc4)c3)N=C(N)N(C)C2=O)cc1C.COc1ccc([C@]2(c3cccc(-c4cncnc4)c3)N=C(N)N(C)C2=O)cc1C.[B]. The molecule has 9 aromatic rings. The molecule has 441 valence electrons. The van der Waals surface area contributed by atoms with Crippen molar-refractivity contribution in [1.29, 1.82) is 0 Å². The molecule has 3 atom stereocenters. The average Bonchev–Trinajstić information content (AvgIpc) is 1.58. The van der Waals surface area contributed by atoms with Gasteiger partial charge in [-0.3, -0.25) is 29.1 Å². The topological polar surface area (TPSA) is 281 Å². The number of amides is 3. The fourth-order valence-electron chi connectivity index (χ4n) is 11.0. The van der Waals surface area contributed by atoms with Gasteiger partial charge in [0.1, 0.15) is 36.2 Å². The van der Waals surface area contributed by atoms with Crippen LogP contribution in [0.15, 0.2) is 199 Å². The molecule has 3 aliphatic rings. The lowest BCUT2D eigenvalue weighted by atomic mass is 9.81. The van der Waals surface area contributed by atoms with E-state index in [-0.39, 0.29) is 44.0 Å². The predicted molar refractivity (Wildman–Crippen MR) is 337 cm³/mol. The highest BCUT2D eigenvalue weighted by Crippen LogP contribution is 2.45. The zero-order chi connectivity index (χ0) is 61.8. The summed E-state index contributed by atoms with van der Waals surface area (Å²) in [4.78, 5) is 82.9. The van der Waals surface area contributed by atoms with Crippen LogP contribution in [0.1, 0.15) is 50.1 Å². The molecule has 22 heteroatoms. The summed E-state index contributed by atoms with van der Waals surface area (Å²) in [5, 5.41) is 0. The molecule has 6 N–H and O–H groups in total. The Kier molecular flexibility index (Phi) is 17.6. The smallest absolute Gasteiger partial charge is 0.266 e. The molecule has 3 radical (unpaired) electrons. The van der Waals surface area contributed by atoms with E-state index in [2.05, 4.69) is 44.9 Å². The summed E-state index contributed by atoms with van der Waals surface area (Å²) >= 11 is 0. The van der Waals surface area contributed by atoms with Crippen LogP contribution < -0.4 is 31.4 Å². The fourth-order valence-corrected chi connectivity index (χ4v) is 11.0. The second-order valence-corrected chi connectivity index (χ2v) is 20.8. The van der Waals surface area contributed by atoms with Gasteiger partial charge in [0.15, 0.2) is 34.5 Å². The number of likely N-dealkylation sites (N-methyl/N-ethyl adjacent to an activating group) is 3. The van der Waals surface area contributed by atoms with Crippen molar-refractivity contribution in [1.82, 2.24) is 44.6 Å². The van der Waals surface area contributed by atoms with Crippen LogP contribution in [0.2, 0.25) is 0 Å². The molecule has 0 saturated heterocycles. The van der Waals surface area contributed by atoms with Crippen molar-refractivity contribution in [2.24, 2.45) is 32.2 Å². The van der Waals surface area contributed by atoms with Crippen molar-refractivity contribution in [3.8, 4) is 50.6 Å². The summed E-state index contributed by atoms with van der Waals surface area (Å²) in [5.74, 6) is 2.15. The number of carbonyl (C=O) groups excluding carboxylic acids is 3. The highest BCUT2D eigenvalue weighted by atomic mass is 16.5. The maximum absolute atomic E-state index is 13.4. The van der Waals surface area contributed by atoms with Crippen LogP contribution in [0.25, 0.3) is 33.4 Å². The number of benzene rings is 6. The van der Waals surface area contributed by atoms with Crippen LogP contribution in [-0.2, 0) is 31.0 Å². The quantitative estimate of drug-likeness (QED) is 0.103. The number of rotatable bonds is 12. The number of guanidine groups is 3. The zero-order valence-corrected chi connectivity index (χ0v) is 49.9. The lowest BCUT2D eigenvalue weighted by molar-refractivity contribution is -0.130. The van der Waals surface area contributed by atoms with Crippen molar-refractivity contribution in [3.05, 3.63) is 234 Å². The number of aliphatic imine (C=N–C) groups is 3. The van der Waals surface area contributed by atoms with Crippen molar-refractivity contribution in [2.75, 3.05) is 42.5 Å². The Morgan fingerprint density at radius 2 is 0.591 bits per heavy atom. The van der Waals surface area contributed by atoms with Crippen LogP contribution in [0.4, 0.5) is 0 Å². The van der Waals surface area contributed by atoms with E-state index in [9.17, 15) is 14.4 Å². The lowest BCUT2D eigenvalue weighted by Gasteiger charge is -2.27. The van der Waals surface area contributed by atoms with Gasteiger partial charge in [0.05, 0.1) is 21.3 Å². The Bertz CT molecular complexity index is 3770. The monoisotopic (exact) mass is 1170 g/mol. The van der Waals surface area contributed by atoms with Crippen molar-refractivity contribution in [3.63, 3.8) is 0 Å². The van der Waals surface area contributed by atoms with Gasteiger partial charge in [-0.15, -0.1) is 0 Å². The summed E-state index contributed by atoms with van der Waals surface area (Å²) in [6.45, 7) is 5.80.